The molecule has 0 bridgehead atoms. The van der Waals surface area contributed by atoms with Crippen molar-refractivity contribution in [1.29, 1.82) is 0 Å². The molecule has 2 rings (SSSR count). The molecule has 80 valence electrons. The van der Waals surface area contributed by atoms with Crippen LogP contribution < -0.4 is 5.32 Å². The first-order chi connectivity index (χ1) is 7.25. The number of hydrogen-bond acceptors (Lipinski definition) is 1. The van der Waals surface area contributed by atoms with E-state index in [0.717, 1.165) is 16.5 Å². The van der Waals surface area contributed by atoms with Crippen molar-refractivity contribution in [3.05, 3.63) is 36.0 Å². The van der Waals surface area contributed by atoms with Crippen molar-refractivity contribution in [2.24, 2.45) is 0 Å². The Morgan fingerprint density at radius 3 is 2.93 bits per heavy atom. The minimum Gasteiger partial charge on any atom is -0.361 e. The second-order valence-corrected chi connectivity index (χ2v) is 3.42. The lowest BCUT2D eigenvalue weighted by molar-refractivity contribution is 0.145. The summed E-state index contributed by atoms with van der Waals surface area (Å²) in [6.45, 7) is 0.219. The maximum atomic E-state index is 11.9. The Balaban J connectivity index is 2.02. The molecule has 1 aromatic carbocycles. The molecule has 0 atom stereocenters. The van der Waals surface area contributed by atoms with Crippen LogP contribution >= 0.6 is 0 Å². The van der Waals surface area contributed by atoms with Crippen molar-refractivity contribution in [3.8, 4) is 0 Å². The number of fused-ring (bicyclic) bond motifs is 1. The molecule has 2 nitrogen and oxygen atoms in total. The van der Waals surface area contributed by atoms with E-state index in [9.17, 15) is 8.78 Å². The molecule has 1 aromatic heterocycles. The molecule has 0 aliphatic rings. The van der Waals surface area contributed by atoms with E-state index in [2.05, 4.69) is 10.3 Å². The molecule has 15 heavy (non-hydrogen) atoms. The molecule has 0 saturated carbocycles. The van der Waals surface area contributed by atoms with E-state index in [1.165, 1.54) is 0 Å². The first-order valence-electron chi connectivity index (χ1n) is 4.80. The van der Waals surface area contributed by atoms with E-state index in [-0.39, 0.29) is 6.54 Å². The van der Waals surface area contributed by atoms with Gasteiger partial charge in [0.15, 0.2) is 0 Å². The fourth-order valence-corrected chi connectivity index (χ4v) is 1.54. The lowest BCUT2D eigenvalue weighted by Gasteiger charge is -2.04. The molecule has 0 unspecified atom stereocenters. The quantitative estimate of drug-likeness (QED) is 0.797. The summed E-state index contributed by atoms with van der Waals surface area (Å²) in [5, 5.41) is 3.80. The Morgan fingerprint density at radius 1 is 1.27 bits per heavy atom. The molecular weight excluding hydrogens is 198 g/mol. The Kier molecular flexibility index (Phi) is 2.97. The first kappa shape index (κ1) is 10.1. The summed E-state index contributed by atoms with van der Waals surface area (Å²) >= 11 is 0. The van der Waals surface area contributed by atoms with Gasteiger partial charge in [0.2, 0.25) is 0 Å². The number of aromatic nitrogens is 1. The highest BCUT2D eigenvalue weighted by Crippen LogP contribution is 2.13. The van der Waals surface area contributed by atoms with Crippen LogP contribution in [0.2, 0.25) is 0 Å². The highest BCUT2D eigenvalue weighted by atomic mass is 19.3. The lowest BCUT2D eigenvalue weighted by Crippen LogP contribution is -2.20. The van der Waals surface area contributed by atoms with Crippen molar-refractivity contribution in [2.75, 3.05) is 6.54 Å². The molecule has 2 N–H and O–H groups in total. The zero-order chi connectivity index (χ0) is 10.7. The third kappa shape index (κ3) is 2.53. The average Bonchev–Trinajstić information content (AvgIpc) is 2.64. The summed E-state index contributed by atoms with van der Waals surface area (Å²) in [4.78, 5) is 3.08. The predicted molar refractivity (Wildman–Crippen MR) is 56.0 cm³/mol. The largest absolute Gasteiger partial charge is 0.361 e. The summed E-state index contributed by atoms with van der Waals surface area (Å²) in [6, 6.07) is 7.84. The first-order valence-corrected chi connectivity index (χ1v) is 4.80. The van der Waals surface area contributed by atoms with Gasteiger partial charge in [-0.1, -0.05) is 6.07 Å². The van der Waals surface area contributed by atoms with Crippen LogP contribution in [0.3, 0.4) is 0 Å². The molecule has 0 aliphatic heterocycles. The number of benzene rings is 1. The van der Waals surface area contributed by atoms with Gasteiger partial charge in [0.1, 0.15) is 0 Å². The molecule has 4 heteroatoms. The van der Waals surface area contributed by atoms with Gasteiger partial charge in [-0.2, -0.15) is 0 Å². The summed E-state index contributed by atoms with van der Waals surface area (Å²) in [5.74, 6) is 0. The fourth-order valence-electron chi connectivity index (χ4n) is 1.54. The van der Waals surface area contributed by atoms with Crippen LogP contribution in [0.15, 0.2) is 30.5 Å². The van der Waals surface area contributed by atoms with Gasteiger partial charge in [-0.15, -0.1) is 0 Å². The molecule has 0 fully saturated rings. The highest BCUT2D eigenvalue weighted by molar-refractivity contribution is 5.79. The van der Waals surface area contributed by atoms with Gasteiger partial charge >= 0.3 is 0 Å². The topological polar surface area (TPSA) is 27.8 Å². The molecule has 0 amide bonds. The Labute approximate surface area is 86.3 Å². The van der Waals surface area contributed by atoms with E-state index >= 15 is 0 Å². The maximum absolute atomic E-state index is 11.9. The van der Waals surface area contributed by atoms with Crippen LogP contribution in [-0.4, -0.2) is 18.0 Å². The van der Waals surface area contributed by atoms with Gasteiger partial charge < -0.3 is 10.3 Å². The number of halogens is 2. The van der Waals surface area contributed by atoms with Gasteiger partial charge in [0.05, 0.1) is 6.54 Å². The fraction of sp³-hybridized carbons (Fsp3) is 0.273. The Bertz CT molecular complexity index is 437. The minimum atomic E-state index is -2.29. The number of H-pyrrole nitrogens is 1. The number of hydrogen-bond donors (Lipinski definition) is 2. The Hall–Kier alpha value is -1.42. The molecule has 2 aromatic rings. The van der Waals surface area contributed by atoms with Gasteiger partial charge in [-0.25, -0.2) is 8.78 Å². The van der Waals surface area contributed by atoms with E-state index in [4.69, 9.17) is 0 Å². The number of nitrogens with one attached hydrogen (secondary N) is 2. The number of rotatable bonds is 4. The van der Waals surface area contributed by atoms with Crippen LogP contribution in [0.1, 0.15) is 5.56 Å². The van der Waals surface area contributed by atoms with E-state index < -0.39 is 6.43 Å². The van der Waals surface area contributed by atoms with Crippen LogP contribution in [0, 0.1) is 0 Å². The molecule has 1 heterocycles. The second kappa shape index (κ2) is 4.40. The third-order valence-corrected chi connectivity index (χ3v) is 2.25. The van der Waals surface area contributed by atoms with Crippen molar-refractivity contribution in [1.82, 2.24) is 10.3 Å². The molecule has 0 radical (unpaired) electrons. The summed E-state index contributed by atoms with van der Waals surface area (Å²) in [6.07, 6.45) is -0.429. The smallest absolute Gasteiger partial charge is 0.250 e. The molecule has 0 saturated heterocycles. The van der Waals surface area contributed by atoms with Crippen molar-refractivity contribution < 1.29 is 8.78 Å². The van der Waals surface area contributed by atoms with Gasteiger partial charge in [-0.3, -0.25) is 0 Å². The van der Waals surface area contributed by atoms with Crippen LogP contribution in [-0.2, 0) is 6.54 Å². The standard InChI is InChI=1S/C11H12F2N2/c12-11(13)7-14-6-8-1-2-10-9(5-8)3-4-15-10/h1-5,11,14-15H,6-7H2. The second-order valence-electron chi connectivity index (χ2n) is 3.42. The molecule has 0 spiro atoms. The van der Waals surface area contributed by atoms with Gasteiger partial charge in [0, 0.05) is 18.3 Å². The van der Waals surface area contributed by atoms with Gasteiger partial charge in [-0.05, 0) is 29.1 Å². The zero-order valence-corrected chi connectivity index (χ0v) is 8.13. The molecular formula is C11H12F2N2. The van der Waals surface area contributed by atoms with E-state index in [0.29, 0.717) is 6.54 Å². The lowest BCUT2D eigenvalue weighted by atomic mass is 10.1. The van der Waals surface area contributed by atoms with Crippen molar-refractivity contribution in [2.45, 2.75) is 13.0 Å². The normalized spacial score (nSPS) is 11.4. The molecule has 0 aliphatic carbocycles. The van der Waals surface area contributed by atoms with Gasteiger partial charge in [0.25, 0.3) is 6.43 Å². The minimum absolute atomic E-state index is 0.259. The summed E-state index contributed by atoms with van der Waals surface area (Å²) < 4.78 is 23.7. The predicted octanol–water partition coefficient (Wildman–Crippen LogP) is 2.52. The Morgan fingerprint density at radius 2 is 2.13 bits per heavy atom. The van der Waals surface area contributed by atoms with Crippen molar-refractivity contribution in [3.63, 3.8) is 0 Å². The highest BCUT2D eigenvalue weighted by Gasteiger charge is 2.01. The third-order valence-electron chi connectivity index (χ3n) is 2.25. The van der Waals surface area contributed by atoms with Crippen LogP contribution in [0.25, 0.3) is 10.9 Å². The van der Waals surface area contributed by atoms with Crippen molar-refractivity contribution >= 4 is 10.9 Å². The number of aromatic amines is 1. The van der Waals surface area contributed by atoms with E-state index in [1.54, 1.807) is 0 Å². The number of alkyl halides is 2. The summed E-state index contributed by atoms with van der Waals surface area (Å²) in [7, 11) is 0. The van der Waals surface area contributed by atoms with E-state index in [1.807, 2.05) is 30.5 Å². The van der Waals surface area contributed by atoms with Crippen LogP contribution in [0.4, 0.5) is 8.78 Å². The maximum Gasteiger partial charge on any atom is 0.250 e. The van der Waals surface area contributed by atoms with Crippen LogP contribution in [0.5, 0.6) is 0 Å². The average molecular weight is 210 g/mol. The SMILES string of the molecule is FC(F)CNCc1ccc2[nH]ccc2c1. The monoisotopic (exact) mass is 210 g/mol. The summed E-state index contributed by atoms with van der Waals surface area (Å²) in [5.41, 5.74) is 2.08. The zero-order valence-electron chi connectivity index (χ0n) is 8.13.